The molecule has 0 heterocycles. The Hall–Kier alpha value is -0.310. The van der Waals surface area contributed by atoms with Gasteiger partial charge >= 0.3 is 0 Å². The minimum Gasteiger partial charge on any atom is -0.322 e. The third kappa shape index (κ3) is 5.23. The number of benzene rings is 1. The summed E-state index contributed by atoms with van der Waals surface area (Å²) in [5, 5.41) is 0.474. The Bertz CT molecular complexity index is 433. The van der Waals surface area contributed by atoms with Crippen molar-refractivity contribution in [2.24, 2.45) is 5.73 Å². The predicted molar refractivity (Wildman–Crippen MR) is 86.0 cm³/mol. The second-order valence-corrected chi connectivity index (χ2v) is 6.50. The van der Waals surface area contributed by atoms with Crippen LogP contribution in [0.3, 0.4) is 0 Å². The second kappa shape index (κ2) is 8.21. The number of nitrogens with two attached hydrogens (primary N) is 1. The molecular formula is C16H24Cl2FN. The van der Waals surface area contributed by atoms with E-state index in [0.29, 0.717) is 10.6 Å². The highest BCUT2D eigenvalue weighted by Gasteiger charge is 2.24. The average Bonchev–Trinajstić information content (AvgIpc) is 2.37. The Labute approximate surface area is 131 Å². The number of unbranched alkanes of at least 4 members (excludes halogenated alkanes) is 5. The molecule has 1 aromatic carbocycles. The van der Waals surface area contributed by atoms with Crippen molar-refractivity contribution in [2.75, 3.05) is 0 Å². The van der Waals surface area contributed by atoms with Gasteiger partial charge < -0.3 is 5.73 Å². The topological polar surface area (TPSA) is 26.0 Å². The van der Waals surface area contributed by atoms with Gasteiger partial charge in [0.05, 0.1) is 5.02 Å². The van der Waals surface area contributed by atoms with Crippen LogP contribution in [-0.4, -0.2) is 0 Å². The molecule has 1 rings (SSSR count). The van der Waals surface area contributed by atoms with Gasteiger partial charge in [-0.05, 0) is 31.0 Å². The van der Waals surface area contributed by atoms with Crippen LogP contribution in [0, 0.1) is 5.82 Å². The first-order valence-corrected chi connectivity index (χ1v) is 8.08. The number of hydrogen-bond donors (Lipinski definition) is 1. The van der Waals surface area contributed by atoms with E-state index < -0.39 is 11.4 Å². The predicted octanol–water partition coefficient (Wildman–Crippen LogP) is 6.06. The number of rotatable bonds is 8. The summed E-state index contributed by atoms with van der Waals surface area (Å²) in [5.41, 5.74) is 6.32. The molecule has 114 valence electrons. The van der Waals surface area contributed by atoms with Crippen LogP contribution < -0.4 is 5.73 Å². The van der Waals surface area contributed by atoms with Crippen molar-refractivity contribution in [1.82, 2.24) is 0 Å². The van der Waals surface area contributed by atoms with E-state index in [1.807, 2.05) is 6.92 Å². The molecule has 0 saturated heterocycles. The maximum atomic E-state index is 13.6. The lowest BCUT2D eigenvalue weighted by Gasteiger charge is -2.26. The maximum Gasteiger partial charge on any atom is 0.142 e. The highest BCUT2D eigenvalue weighted by Crippen LogP contribution is 2.33. The first-order chi connectivity index (χ1) is 9.38. The van der Waals surface area contributed by atoms with E-state index >= 15 is 0 Å². The van der Waals surface area contributed by atoms with Crippen LogP contribution >= 0.6 is 23.2 Å². The summed E-state index contributed by atoms with van der Waals surface area (Å²) >= 11 is 11.8. The first kappa shape index (κ1) is 17.7. The number of halogens is 3. The molecule has 4 heteroatoms. The molecule has 0 aromatic heterocycles. The molecule has 0 bridgehead atoms. The first-order valence-electron chi connectivity index (χ1n) is 7.32. The SMILES string of the molecule is CCCCCCCCC(C)(N)c1cc(F)c(Cl)cc1Cl. The molecule has 1 nitrogen and oxygen atoms in total. The Kier molecular flexibility index (Phi) is 7.28. The van der Waals surface area contributed by atoms with Gasteiger partial charge in [0, 0.05) is 10.6 Å². The lowest BCUT2D eigenvalue weighted by molar-refractivity contribution is 0.419. The minimum atomic E-state index is -0.618. The van der Waals surface area contributed by atoms with E-state index in [0.717, 1.165) is 19.3 Å². The van der Waals surface area contributed by atoms with Crippen LogP contribution in [0.2, 0.25) is 10.0 Å². The normalized spacial score (nSPS) is 14.3. The second-order valence-electron chi connectivity index (χ2n) is 5.68. The molecule has 0 aliphatic carbocycles. The summed E-state index contributed by atoms with van der Waals surface area (Å²) in [7, 11) is 0. The van der Waals surface area contributed by atoms with Crippen molar-refractivity contribution in [3.8, 4) is 0 Å². The molecule has 1 aromatic rings. The van der Waals surface area contributed by atoms with E-state index in [1.165, 1.54) is 37.8 Å². The molecule has 0 saturated carbocycles. The Morgan fingerprint density at radius 2 is 1.65 bits per heavy atom. The van der Waals surface area contributed by atoms with Crippen LogP contribution in [0.15, 0.2) is 12.1 Å². The number of hydrogen-bond acceptors (Lipinski definition) is 1. The third-order valence-corrected chi connectivity index (χ3v) is 4.28. The molecule has 0 spiro atoms. The minimum absolute atomic E-state index is 0.0362. The summed E-state index contributed by atoms with van der Waals surface area (Å²) in [6, 6.07) is 2.79. The molecule has 0 aliphatic rings. The molecule has 0 radical (unpaired) electrons. The van der Waals surface area contributed by atoms with Gasteiger partial charge in [0.15, 0.2) is 0 Å². The van der Waals surface area contributed by atoms with Gasteiger partial charge in [0.1, 0.15) is 5.82 Å². The smallest absolute Gasteiger partial charge is 0.142 e. The van der Waals surface area contributed by atoms with Gasteiger partial charge in [0.25, 0.3) is 0 Å². The fourth-order valence-electron chi connectivity index (χ4n) is 2.37. The quantitative estimate of drug-likeness (QED) is 0.457. The van der Waals surface area contributed by atoms with Crippen molar-refractivity contribution in [3.05, 3.63) is 33.6 Å². The van der Waals surface area contributed by atoms with Crippen molar-refractivity contribution in [2.45, 2.75) is 64.3 Å². The molecule has 0 fully saturated rings. The van der Waals surface area contributed by atoms with E-state index in [1.54, 1.807) is 0 Å². The Balaban J connectivity index is 2.58. The van der Waals surface area contributed by atoms with Crippen molar-refractivity contribution >= 4 is 23.2 Å². The van der Waals surface area contributed by atoms with E-state index in [4.69, 9.17) is 28.9 Å². The van der Waals surface area contributed by atoms with Crippen LogP contribution in [0.5, 0.6) is 0 Å². The van der Waals surface area contributed by atoms with Gasteiger partial charge in [-0.25, -0.2) is 4.39 Å². The summed E-state index contributed by atoms with van der Waals surface area (Å²) < 4.78 is 13.6. The van der Waals surface area contributed by atoms with Crippen LogP contribution in [0.25, 0.3) is 0 Å². The van der Waals surface area contributed by atoms with Crippen LogP contribution in [0.1, 0.15) is 64.4 Å². The molecule has 20 heavy (non-hydrogen) atoms. The lowest BCUT2D eigenvalue weighted by atomic mass is 9.87. The van der Waals surface area contributed by atoms with E-state index in [-0.39, 0.29) is 5.02 Å². The highest BCUT2D eigenvalue weighted by molar-refractivity contribution is 6.35. The Morgan fingerprint density at radius 1 is 1.05 bits per heavy atom. The van der Waals surface area contributed by atoms with E-state index in [2.05, 4.69) is 6.92 Å². The monoisotopic (exact) mass is 319 g/mol. The van der Waals surface area contributed by atoms with Gasteiger partial charge in [-0.3, -0.25) is 0 Å². The van der Waals surface area contributed by atoms with Gasteiger partial charge in [-0.2, -0.15) is 0 Å². The Morgan fingerprint density at radius 3 is 2.30 bits per heavy atom. The molecule has 0 aliphatic heterocycles. The van der Waals surface area contributed by atoms with E-state index in [9.17, 15) is 4.39 Å². The van der Waals surface area contributed by atoms with Gasteiger partial charge in [0.2, 0.25) is 0 Å². The van der Waals surface area contributed by atoms with Crippen molar-refractivity contribution in [1.29, 1.82) is 0 Å². The average molecular weight is 320 g/mol. The largest absolute Gasteiger partial charge is 0.322 e. The standard InChI is InChI=1S/C16H24Cl2FN/c1-3-4-5-6-7-8-9-16(2,20)12-10-15(19)14(18)11-13(12)17/h10-11H,3-9,20H2,1-2H3. The van der Waals surface area contributed by atoms with Gasteiger partial charge in [-0.1, -0.05) is 68.7 Å². The fourth-order valence-corrected chi connectivity index (χ4v) is 2.97. The van der Waals surface area contributed by atoms with Crippen molar-refractivity contribution in [3.63, 3.8) is 0 Å². The maximum absolute atomic E-state index is 13.6. The van der Waals surface area contributed by atoms with Crippen LogP contribution in [-0.2, 0) is 5.54 Å². The van der Waals surface area contributed by atoms with Crippen molar-refractivity contribution < 1.29 is 4.39 Å². The molecule has 1 unspecified atom stereocenters. The van der Waals surface area contributed by atoms with Crippen LogP contribution in [0.4, 0.5) is 4.39 Å². The summed E-state index contributed by atoms with van der Waals surface area (Å²) in [6.45, 7) is 4.10. The zero-order valence-corrected chi connectivity index (χ0v) is 13.8. The van der Waals surface area contributed by atoms with Gasteiger partial charge in [-0.15, -0.1) is 0 Å². The zero-order valence-electron chi connectivity index (χ0n) is 12.3. The molecular weight excluding hydrogens is 296 g/mol. The summed E-state index contributed by atoms with van der Waals surface area (Å²) in [6.07, 6.45) is 8.00. The summed E-state index contributed by atoms with van der Waals surface area (Å²) in [4.78, 5) is 0. The zero-order chi connectivity index (χ0) is 15.2. The molecule has 1 atom stereocenters. The third-order valence-electron chi connectivity index (χ3n) is 3.67. The molecule has 0 amide bonds. The fraction of sp³-hybridized carbons (Fsp3) is 0.625. The lowest BCUT2D eigenvalue weighted by Crippen LogP contribution is -2.33. The highest BCUT2D eigenvalue weighted by atomic mass is 35.5. The molecule has 2 N–H and O–H groups in total. The summed E-state index contributed by atoms with van der Waals surface area (Å²) in [5.74, 6) is -0.467.